The number of halogens is 2. The second kappa shape index (κ2) is 5.58. The Morgan fingerprint density at radius 2 is 2.40 bits per heavy atom. The van der Waals surface area contributed by atoms with Crippen molar-refractivity contribution in [2.75, 3.05) is 0 Å². The summed E-state index contributed by atoms with van der Waals surface area (Å²) < 4.78 is 12.9. The van der Waals surface area contributed by atoms with Gasteiger partial charge in [-0.15, -0.1) is 0 Å². The van der Waals surface area contributed by atoms with Gasteiger partial charge in [-0.1, -0.05) is 28.0 Å². The monoisotopic (exact) mass is 298 g/mol. The number of benzene rings is 1. The molecular weight excluding hydrogens is 287 g/mol. The summed E-state index contributed by atoms with van der Waals surface area (Å²) in [5, 5.41) is 7.21. The number of hydrogen-bond donors (Lipinski definition) is 0. The van der Waals surface area contributed by atoms with Gasteiger partial charge >= 0.3 is 5.97 Å². The van der Waals surface area contributed by atoms with Crippen LogP contribution in [0.1, 0.15) is 25.8 Å². The van der Waals surface area contributed by atoms with Gasteiger partial charge in [-0.05, 0) is 31.5 Å². The van der Waals surface area contributed by atoms with Crippen LogP contribution in [0.3, 0.4) is 0 Å². The van der Waals surface area contributed by atoms with Crippen LogP contribution >= 0.6 is 11.6 Å². The van der Waals surface area contributed by atoms with Crippen LogP contribution in [0.25, 0.3) is 0 Å². The van der Waals surface area contributed by atoms with Gasteiger partial charge in [0.2, 0.25) is 5.60 Å². The lowest BCUT2D eigenvalue weighted by atomic mass is 10.0. The Labute approximate surface area is 120 Å². The van der Waals surface area contributed by atoms with E-state index in [2.05, 4.69) is 10.3 Å². The summed E-state index contributed by atoms with van der Waals surface area (Å²) >= 11 is 5.62. The van der Waals surface area contributed by atoms with Gasteiger partial charge in [0.05, 0.1) is 16.9 Å². The first-order chi connectivity index (χ1) is 9.40. The summed E-state index contributed by atoms with van der Waals surface area (Å²) in [6.45, 7) is 3.32. The molecule has 0 N–H and O–H groups in total. The molecule has 1 atom stereocenters. The maximum atomic E-state index is 12.9. The first kappa shape index (κ1) is 14.5. The van der Waals surface area contributed by atoms with Crippen molar-refractivity contribution < 1.29 is 18.9 Å². The maximum Gasteiger partial charge on any atom is 0.381 e. The summed E-state index contributed by atoms with van der Waals surface area (Å²) in [4.78, 5) is 21.6. The molecule has 20 heavy (non-hydrogen) atoms. The van der Waals surface area contributed by atoms with Crippen LogP contribution in [0.15, 0.2) is 28.5 Å². The second-order valence-corrected chi connectivity index (χ2v) is 5.02. The minimum Gasteiger partial charge on any atom is -0.377 e. The molecule has 1 aliphatic heterocycles. The average Bonchev–Trinajstić information content (AvgIpc) is 2.75. The van der Waals surface area contributed by atoms with Gasteiger partial charge in [0.25, 0.3) is 0 Å². The van der Waals surface area contributed by atoms with Crippen molar-refractivity contribution in [2.24, 2.45) is 10.3 Å². The van der Waals surface area contributed by atoms with E-state index >= 15 is 0 Å². The molecule has 1 unspecified atom stereocenters. The van der Waals surface area contributed by atoms with E-state index in [0.717, 1.165) is 0 Å². The Morgan fingerprint density at radius 3 is 3.00 bits per heavy atom. The van der Waals surface area contributed by atoms with Gasteiger partial charge in [-0.3, -0.25) is 0 Å². The van der Waals surface area contributed by atoms with Crippen molar-refractivity contribution in [1.29, 1.82) is 0 Å². The molecular formula is C13H12ClFN2O3. The van der Waals surface area contributed by atoms with Gasteiger partial charge in [-0.25, -0.2) is 9.18 Å². The van der Waals surface area contributed by atoms with Gasteiger partial charge in [0.15, 0.2) is 0 Å². The minimum absolute atomic E-state index is 0.0320. The van der Waals surface area contributed by atoms with Crippen LogP contribution in [0.5, 0.6) is 0 Å². The number of nitrogens with zero attached hydrogens (tertiary/aromatic N) is 2. The summed E-state index contributed by atoms with van der Waals surface area (Å²) in [5.74, 6) is -1.18. The quantitative estimate of drug-likeness (QED) is 0.490. The molecule has 0 spiro atoms. The lowest BCUT2D eigenvalue weighted by molar-refractivity contribution is -0.167. The first-order valence-electron chi connectivity index (χ1n) is 5.82. The zero-order chi connectivity index (χ0) is 14.8. The molecule has 0 radical (unpaired) electrons. The third-order valence-corrected chi connectivity index (χ3v) is 3.00. The highest BCUT2D eigenvalue weighted by Gasteiger charge is 2.42. The Morgan fingerprint density at radius 1 is 1.65 bits per heavy atom. The summed E-state index contributed by atoms with van der Waals surface area (Å²) in [7, 11) is 0. The van der Waals surface area contributed by atoms with Crippen molar-refractivity contribution in [3.63, 3.8) is 0 Å². The minimum atomic E-state index is -1.15. The van der Waals surface area contributed by atoms with Crippen molar-refractivity contribution in [1.82, 2.24) is 0 Å². The van der Waals surface area contributed by atoms with E-state index in [9.17, 15) is 9.18 Å². The van der Waals surface area contributed by atoms with Crippen molar-refractivity contribution in [3.8, 4) is 0 Å². The number of rotatable bonds is 3. The standard InChI is InChI=1S/C13H12ClFN2O3/c1-8-6-13(2,20-17-8)12(18)19-16-7-9-3-4-11(15)10(14)5-9/h3-5,7H,6H2,1-2H3/b16-7+. The van der Waals surface area contributed by atoms with E-state index in [1.807, 2.05) is 0 Å². The van der Waals surface area contributed by atoms with Gasteiger partial charge < -0.3 is 9.68 Å². The molecule has 7 heteroatoms. The third kappa shape index (κ3) is 3.14. The van der Waals surface area contributed by atoms with E-state index in [1.54, 1.807) is 13.8 Å². The van der Waals surface area contributed by atoms with Crippen LogP contribution in [0.4, 0.5) is 4.39 Å². The Bertz CT molecular complexity index is 603. The van der Waals surface area contributed by atoms with Crippen LogP contribution in [-0.4, -0.2) is 23.5 Å². The van der Waals surface area contributed by atoms with Crippen LogP contribution < -0.4 is 0 Å². The fourth-order valence-electron chi connectivity index (χ4n) is 1.67. The number of oxime groups is 2. The largest absolute Gasteiger partial charge is 0.381 e. The van der Waals surface area contributed by atoms with Crippen LogP contribution in [0, 0.1) is 5.82 Å². The fraction of sp³-hybridized carbons (Fsp3) is 0.308. The molecule has 0 bridgehead atoms. The number of carbonyl (C=O) groups excluding carboxylic acids is 1. The molecule has 0 fully saturated rings. The highest BCUT2D eigenvalue weighted by molar-refractivity contribution is 6.31. The highest BCUT2D eigenvalue weighted by Crippen LogP contribution is 2.24. The zero-order valence-corrected chi connectivity index (χ0v) is 11.6. The van der Waals surface area contributed by atoms with E-state index in [-0.39, 0.29) is 5.02 Å². The smallest absolute Gasteiger partial charge is 0.377 e. The zero-order valence-electron chi connectivity index (χ0n) is 10.9. The molecule has 1 aromatic carbocycles. The fourth-order valence-corrected chi connectivity index (χ4v) is 1.85. The van der Waals surface area contributed by atoms with E-state index < -0.39 is 17.4 Å². The summed E-state index contributed by atoms with van der Waals surface area (Å²) in [5.41, 5.74) is 0.0647. The molecule has 5 nitrogen and oxygen atoms in total. The molecule has 1 aromatic rings. The molecule has 2 rings (SSSR count). The van der Waals surface area contributed by atoms with Crippen molar-refractivity contribution in [3.05, 3.63) is 34.6 Å². The first-order valence-corrected chi connectivity index (χ1v) is 6.20. The van der Waals surface area contributed by atoms with E-state index in [4.69, 9.17) is 21.3 Å². The topological polar surface area (TPSA) is 60.2 Å². The number of carbonyl (C=O) groups is 1. The lowest BCUT2D eigenvalue weighted by Gasteiger charge is -2.16. The van der Waals surface area contributed by atoms with Crippen LogP contribution in [0.2, 0.25) is 5.02 Å². The Hall–Kier alpha value is -1.95. The predicted octanol–water partition coefficient (Wildman–Crippen LogP) is 2.91. The summed E-state index contributed by atoms with van der Waals surface area (Å²) in [6.07, 6.45) is 1.61. The van der Waals surface area contributed by atoms with Crippen molar-refractivity contribution >= 4 is 29.5 Å². The van der Waals surface area contributed by atoms with Gasteiger partial charge in [0, 0.05) is 6.42 Å². The molecule has 0 saturated heterocycles. The average molecular weight is 299 g/mol. The molecule has 1 aliphatic rings. The SMILES string of the molecule is CC1=NOC(C)(C(=O)O/N=C/c2ccc(F)c(Cl)c2)C1. The molecule has 0 aliphatic carbocycles. The van der Waals surface area contributed by atoms with Gasteiger partial charge in [-0.2, -0.15) is 0 Å². The normalized spacial score (nSPS) is 21.7. The molecule has 1 heterocycles. The van der Waals surface area contributed by atoms with E-state index in [0.29, 0.717) is 17.7 Å². The van der Waals surface area contributed by atoms with Crippen LogP contribution in [-0.2, 0) is 14.5 Å². The summed E-state index contributed by atoms with van der Waals surface area (Å²) in [6, 6.07) is 4.03. The molecule has 0 saturated carbocycles. The highest BCUT2D eigenvalue weighted by atomic mass is 35.5. The molecule has 106 valence electrons. The Kier molecular flexibility index (Phi) is 4.04. The lowest BCUT2D eigenvalue weighted by Crippen LogP contribution is -2.36. The third-order valence-electron chi connectivity index (χ3n) is 2.71. The Balaban J connectivity index is 1.96. The predicted molar refractivity (Wildman–Crippen MR) is 72.3 cm³/mol. The van der Waals surface area contributed by atoms with Crippen molar-refractivity contribution in [2.45, 2.75) is 25.9 Å². The second-order valence-electron chi connectivity index (χ2n) is 4.61. The van der Waals surface area contributed by atoms with E-state index in [1.165, 1.54) is 24.4 Å². The van der Waals surface area contributed by atoms with Gasteiger partial charge in [0.1, 0.15) is 5.82 Å². The maximum absolute atomic E-state index is 12.9. The number of hydrogen-bond acceptors (Lipinski definition) is 5. The molecule has 0 amide bonds. The molecule has 0 aromatic heterocycles.